The van der Waals surface area contributed by atoms with Crippen LogP contribution in [0.5, 0.6) is 0 Å². The maximum Gasteiger partial charge on any atom is 0.416 e. The quantitative estimate of drug-likeness (QED) is 0.0966. The van der Waals surface area contributed by atoms with E-state index in [0.717, 1.165) is 52.4 Å². The van der Waals surface area contributed by atoms with Crippen molar-refractivity contribution in [3.8, 4) is 18.2 Å². The summed E-state index contributed by atoms with van der Waals surface area (Å²) in [6, 6.07) is 30.2. The summed E-state index contributed by atoms with van der Waals surface area (Å²) in [7, 11) is 4.49. The number of Topliss-reactive ketones (excluding diaryl/α,β-unsaturated/α-hetero) is 3. The number of primary amides is 1. The van der Waals surface area contributed by atoms with E-state index in [2.05, 4.69) is 22.8 Å². The molecule has 19 nitrogen and oxygen atoms in total. The van der Waals surface area contributed by atoms with Crippen LogP contribution in [0, 0.1) is 34.0 Å². The molecule has 0 spiro atoms. The Balaban J connectivity index is 0.000000169. The van der Waals surface area contributed by atoms with Crippen LogP contribution in [0.1, 0.15) is 169 Å². The van der Waals surface area contributed by atoms with Crippen LogP contribution in [0.4, 0.5) is 71.0 Å². The highest BCUT2D eigenvalue weighted by atomic mass is 19.4. The number of ketones is 3. The standard InChI is InChI=1S/C27H27F3N4O2.C26H25F3N4O2.C24H19F3N4O3/c1-26(2,3)32-15-17-12-16(14-31)8-9-20(17)24-23-21(10-11-22(23)35)34(25(36)33(24)4)19-7-5-6-18(13-19)27(28,29)30;1-15(2)31-14-17-11-16(13-30)7-8-20(17)24-23-21(9-10-22(23)34)33(25(35)32(24)3)19-6-4-5-18(12-19)26(27,28)29;1-30-21(16-9-8-13(12-28)10-17(16)22(29)33)20-18(6-3-7-19(20)32)31(23(30)34)15-5-2-4-14(11-15)24(25,26)27/h5-9,12-13,24,32H,10-11,15H2,1-4H3;4-8,11-12,15,24,31H,9-10,14H2,1-3H3;2,4-5,8-11,21H,3,6-7H2,1H3,(H2,29,33). The lowest BCUT2D eigenvalue weighted by Crippen LogP contribution is -2.50. The van der Waals surface area contributed by atoms with Gasteiger partial charge in [-0.1, -0.05) is 50.2 Å². The monoisotopic (exact) mass is 1450 g/mol. The second-order valence-electron chi connectivity index (χ2n) is 27.2. The minimum Gasteiger partial charge on any atom is -0.366 e. The van der Waals surface area contributed by atoms with E-state index >= 15 is 0 Å². The number of hydrogen-bond donors (Lipinski definition) is 3. The fourth-order valence-electron chi connectivity index (χ4n) is 13.8. The molecule has 0 saturated carbocycles. The van der Waals surface area contributed by atoms with E-state index in [4.69, 9.17) is 5.73 Å². The Bertz CT molecular complexity index is 4800. The molecule has 0 fully saturated rings. The minimum absolute atomic E-state index is 0.0118. The molecule has 3 unspecified atom stereocenters. The van der Waals surface area contributed by atoms with Crippen LogP contribution in [-0.4, -0.2) is 88.8 Å². The number of allylic oxidation sites excluding steroid dienone is 3. The molecule has 6 aromatic rings. The number of urea groups is 3. The highest BCUT2D eigenvalue weighted by molar-refractivity contribution is 6.10. The number of nitrogens with zero attached hydrogens (tertiary/aromatic N) is 9. The van der Waals surface area contributed by atoms with Gasteiger partial charge in [0.1, 0.15) is 0 Å². The molecule has 3 heterocycles. The number of carbonyl (C=O) groups excluding carboxylic acids is 7. The average molecular weight is 1450 g/mol. The molecule has 6 aromatic carbocycles. The Labute approximate surface area is 598 Å². The summed E-state index contributed by atoms with van der Waals surface area (Å²) in [4.78, 5) is 99.7. The SMILES string of the molecule is CC(C)NCc1cc(C#N)ccc1C1C2=C(CCC2=O)N(c2cccc(C(F)(F)F)c2)C(=O)N1C.CN1C(=O)N(c2cccc(C(F)(F)F)c2)C2=C(C(=O)CC2)C1c1ccc(C#N)cc1CNC(C)(C)C.CN1C(=O)N(c2cccc(C(F)(F)F)c2)C2=C(C(=O)CCC2)C1c1ccc(C#N)cc1C(N)=O. The molecular weight excluding hydrogens is 1380 g/mol. The minimum atomic E-state index is -4.61. The van der Waals surface area contributed by atoms with Crippen molar-refractivity contribution >= 4 is 58.4 Å². The van der Waals surface area contributed by atoms with E-state index in [1.165, 1.54) is 86.1 Å². The van der Waals surface area contributed by atoms with Crippen LogP contribution in [0.25, 0.3) is 0 Å². The molecule has 0 bridgehead atoms. The van der Waals surface area contributed by atoms with Crippen LogP contribution < -0.4 is 31.1 Å². The van der Waals surface area contributed by atoms with Gasteiger partial charge in [0.15, 0.2) is 17.3 Å². The number of amides is 7. The molecule has 4 N–H and O–H groups in total. The van der Waals surface area contributed by atoms with Gasteiger partial charge in [0.25, 0.3) is 0 Å². The second-order valence-corrected chi connectivity index (χ2v) is 27.2. The van der Waals surface area contributed by atoms with Crippen LogP contribution in [-0.2, 0) is 46.0 Å². The van der Waals surface area contributed by atoms with Gasteiger partial charge < -0.3 is 31.1 Å². The first-order valence-corrected chi connectivity index (χ1v) is 33.3. The van der Waals surface area contributed by atoms with Crippen molar-refractivity contribution < 1.29 is 73.1 Å². The molecule has 28 heteroatoms. The predicted octanol–water partition coefficient (Wildman–Crippen LogP) is 15.3. The summed E-state index contributed by atoms with van der Waals surface area (Å²) in [6.07, 6.45) is -12.0. The predicted molar refractivity (Wildman–Crippen MR) is 368 cm³/mol. The highest BCUT2D eigenvalue weighted by Gasteiger charge is 2.49. The molecule has 3 aliphatic carbocycles. The van der Waals surface area contributed by atoms with E-state index in [1.807, 2.05) is 40.7 Å². The van der Waals surface area contributed by atoms with Crippen LogP contribution in [0.3, 0.4) is 0 Å². The number of nitrogens with one attached hydrogen (secondary N) is 2. The summed E-state index contributed by atoms with van der Waals surface area (Å²) in [5.41, 5.74) is 9.25. The molecule has 6 aliphatic rings. The maximum atomic E-state index is 13.6. The number of anilines is 3. The summed E-state index contributed by atoms with van der Waals surface area (Å²) < 4.78 is 120. The lowest BCUT2D eigenvalue weighted by molar-refractivity contribution is -0.138. The molecule has 0 aromatic heterocycles. The fourth-order valence-corrected chi connectivity index (χ4v) is 13.8. The van der Waals surface area contributed by atoms with Crippen molar-refractivity contribution in [2.75, 3.05) is 35.8 Å². The topological polar surface area (TPSA) is 260 Å². The van der Waals surface area contributed by atoms with E-state index in [1.54, 1.807) is 50.5 Å². The van der Waals surface area contributed by atoms with E-state index < -0.39 is 77.3 Å². The molecular formula is C77H71F9N12O7. The van der Waals surface area contributed by atoms with Gasteiger partial charge >= 0.3 is 36.6 Å². The number of rotatable bonds is 12. The van der Waals surface area contributed by atoms with Crippen molar-refractivity contribution in [2.45, 2.75) is 141 Å². The van der Waals surface area contributed by atoms with Crippen molar-refractivity contribution in [2.24, 2.45) is 5.73 Å². The highest BCUT2D eigenvalue weighted by Crippen LogP contribution is 2.50. The molecule has 3 aliphatic heterocycles. The Kier molecular flexibility index (Phi) is 21.6. The number of likely N-dealkylation sites (N-methyl/N-ethyl adjacent to an activating group) is 3. The van der Waals surface area contributed by atoms with Crippen molar-refractivity contribution in [1.82, 2.24) is 25.3 Å². The van der Waals surface area contributed by atoms with Gasteiger partial charge in [0.2, 0.25) is 5.91 Å². The zero-order valence-corrected chi connectivity index (χ0v) is 58.2. The van der Waals surface area contributed by atoms with Gasteiger partial charge in [-0.25, -0.2) is 14.4 Å². The molecule has 0 radical (unpaired) electrons. The molecule has 12 rings (SSSR count). The smallest absolute Gasteiger partial charge is 0.366 e. The molecule has 544 valence electrons. The largest absolute Gasteiger partial charge is 0.416 e. The number of halogens is 9. The lowest BCUT2D eigenvalue weighted by atomic mass is 9.82. The van der Waals surface area contributed by atoms with Crippen molar-refractivity contribution in [1.29, 1.82) is 15.8 Å². The van der Waals surface area contributed by atoms with Crippen molar-refractivity contribution in [3.05, 3.63) is 228 Å². The maximum absolute atomic E-state index is 13.6. The lowest BCUT2D eigenvalue weighted by Gasteiger charge is -2.44. The summed E-state index contributed by atoms with van der Waals surface area (Å²) in [5.74, 6) is -1.40. The number of carbonyl (C=O) groups is 7. The molecule has 0 saturated heterocycles. The normalized spacial score (nSPS) is 18.5. The third-order valence-corrected chi connectivity index (χ3v) is 18.8. The zero-order valence-electron chi connectivity index (χ0n) is 58.2. The number of nitriles is 3. The van der Waals surface area contributed by atoms with Crippen molar-refractivity contribution in [3.63, 3.8) is 0 Å². The molecule has 3 atom stereocenters. The second kappa shape index (κ2) is 29.7. The molecule has 105 heavy (non-hydrogen) atoms. The number of benzene rings is 6. The van der Waals surface area contributed by atoms with E-state index in [0.29, 0.717) is 70.0 Å². The Morgan fingerprint density at radius 2 is 0.819 bits per heavy atom. The van der Waals surface area contributed by atoms with Gasteiger partial charge in [0, 0.05) is 104 Å². The third kappa shape index (κ3) is 15.6. The van der Waals surface area contributed by atoms with Gasteiger partial charge in [-0.05, 0) is 165 Å². The van der Waals surface area contributed by atoms with E-state index in [9.17, 15) is 88.9 Å². The third-order valence-electron chi connectivity index (χ3n) is 18.8. The van der Waals surface area contributed by atoms with E-state index in [-0.39, 0.29) is 107 Å². The van der Waals surface area contributed by atoms with Gasteiger partial charge in [-0.2, -0.15) is 55.3 Å². The summed E-state index contributed by atoms with van der Waals surface area (Å²) >= 11 is 0. The fraction of sp³-hybridized carbons (Fsp3) is 0.325. The van der Waals surface area contributed by atoms with Crippen LogP contribution in [0.15, 0.2) is 161 Å². The van der Waals surface area contributed by atoms with Crippen LogP contribution >= 0.6 is 0 Å². The first-order chi connectivity index (χ1) is 49.4. The Morgan fingerprint density at radius 3 is 1.17 bits per heavy atom. The van der Waals surface area contributed by atoms with Gasteiger partial charge in [0.05, 0.1) is 86.8 Å². The first-order valence-electron chi connectivity index (χ1n) is 33.3. The van der Waals surface area contributed by atoms with Gasteiger partial charge in [-0.3, -0.25) is 33.9 Å². The Hall–Kier alpha value is -11.4. The number of alkyl halides is 9. The average Bonchev–Trinajstić information content (AvgIpc) is 1.73. The Morgan fingerprint density at radius 1 is 0.476 bits per heavy atom. The summed E-state index contributed by atoms with van der Waals surface area (Å²) in [5, 5.41) is 34.7. The first kappa shape index (κ1) is 76.2. The molecule has 7 amide bonds. The zero-order chi connectivity index (χ0) is 76.7. The summed E-state index contributed by atoms with van der Waals surface area (Å²) in [6.45, 7) is 10.8. The van der Waals surface area contributed by atoms with Crippen LogP contribution in [0.2, 0.25) is 0 Å². The number of hydrogen-bond acceptors (Lipinski definition) is 12. The number of nitrogens with two attached hydrogens (primary N) is 1. The van der Waals surface area contributed by atoms with Gasteiger partial charge in [-0.15, -0.1) is 0 Å².